The van der Waals surface area contributed by atoms with Gasteiger partial charge in [0.05, 0.1) is 23.6 Å². The van der Waals surface area contributed by atoms with Crippen LogP contribution in [-0.2, 0) is 52.1 Å². The van der Waals surface area contributed by atoms with E-state index < -0.39 is 69.1 Å². The number of thioether (sulfide) groups is 1. The molecule has 17 nitrogen and oxygen atoms in total. The van der Waals surface area contributed by atoms with Gasteiger partial charge >= 0.3 is 12.1 Å². The molecule has 3 atom stereocenters. The van der Waals surface area contributed by atoms with Gasteiger partial charge in [0, 0.05) is 27.0 Å². The van der Waals surface area contributed by atoms with Gasteiger partial charge in [0.25, 0.3) is 11.8 Å². The smallest absolute Gasteiger partial charge is 0.413 e. The van der Waals surface area contributed by atoms with Crippen LogP contribution in [0, 0.1) is 0 Å². The summed E-state index contributed by atoms with van der Waals surface area (Å²) in [5.74, 6) is -2.80. The molecule has 1 fully saturated rings. The zero-order chi connectivity index (χ0) is 51.3. The van der Waals surface area contributed by atoms with Crippen molar-refractivity contribution < 1.29 is 37.7 Å². The van der Waals surface area contributed by atoms with Crippen molar-refractivity contribution in [2.75, 3.05) is 11.1 Å². The van der Waals surface area contributed by atoms with Crippen LogP contribution in [0.2, 0.25) is 0 Å². The van der Waals surface area contributed by atoms with E-state index in [9.17, 15) is 23.4 Å². The number of thiazole rings is 1. The molecular weight excluding hydrogens is 1010 g/mol. The number of anilines is 1. The first-order chi connectivity index (χ1) is 35.2. The van der Waals surface area contributed by atoms with Crippen molar-refractivity contribution in [1.29, 1.82) is 0 Å². The second-order valence-corrected chi connectivity index (χ2v) is 21.6. The first-order valence-electron chi connectivity index (χ1n) is 22.6. The topological polar surface area (TPSA) is 209 Å². The highest BCUT2D eigenvalue weighted by Crippen LogP contribution is 2.43. The number of β-lactam (4-membered cyclic amide) rings is 1. The highest BCUT2D eigenvalue weighted by atomic mass is 32.2. The number of carbonyl (C=O) groups excluding carboxylic acids is 4. The number of fused-ring (bicyclic) bond motifs is 1. The molecule has 370 valence electrons. The van der Waals surface area contributed by atoms with Crippen molar-refractivity contribution in [3.8, 4) is 0 Å². The average molecular weight is 1050 g/mol. The normalized spacial score (nSPS) is 16.8. The lowest BCUT2D eigenvalue weighted by atomic mass is 9.80. The molecule has 5 aromatic carbocycles. The summed E-state index contributed by atoms with van der Waals surface area (Å²) >= 11 is 7.56. The number of hydrogen-bond donors (Lipinski definition) is 2. The minimum absolute atomic E-state index is 0.0353. The van der Waals surface area contributed by atoms with E-state index in [0.29, 0.717) is 27.8 Å². The molecule has 3 amide bonds. The molecule has 1 unspecified atom stereocenters. The Bertz CT molecular complexity index is 3130. The number of ether oxygens (including phenoxy) is 2. The predicted molar refractivity (Wildman–Crippen MR) is 280 cm³/mol. The number of amides is 3. The summed E-state index contributed by atoms with van der Waals surface area (Å²) in [6.45, 7) is 5.14. The standard InChI is InChI=1S/C52H45N9O8S4/c1-51(2,3)68-50(65)55-49-53-37(30-71-49)39(58-69-52(34-24-14-7-15-25-34,35-26-16-8-17-27-35)36-28-18-9-19-29-36)44(62)54-40-45(63)61-41(38(31-73(66)46(40)61)72-48(70)43-56-59-60(4)57-43)47(64)67-42(32-20-10-5-11-21-32)33-22-12-6-13-23-33/h5-30,40,42,46H,31H2,1-4H3,(H,54,62)(H,53,55,65)/b58-39-/t40-,46+,73?/m1/s1. The number of thiocarbonyl (C=S) groups is 1. The number of benzene rings is 5. The van der Waals surface area contributed by atoms with Gasteiger partial charge in [0.15, 0.2) is 16.9 Å². The summed E-state index contributed by atoms with van der Waals surface area (Å²) in [5.41, 5.74) is 0.401. The number of nitrogens with one attached hydrogen (secondary N) is 2. The van der Waals surface area contributed by atoms with Gasteiger partial charge in [-0.05, 0) is 37.1 Å². The van der Waals surface area contributed by atoms with Crippen LogP contribution >= 0.6 is 35.3 Å². The van der Waals surface area contributed by atoms with Crippen LogP contribution in [0.25, 0.3) is 0 Å². The van der Waals surface area contributed by atoms with E-state index in [4.69, 9.17) is 26.5 Å². The van der Waals surface area contributed by atoms with E-state index in [1.54, 1.807) is 27.8 Å². The Kier molecular flexibility index (Phi) is 14.8. The van der Waals surface area contributed by atoms with E-state index in [0.717, 1.165) is 28.0 Å². The maximum atomic E-state index is 15.0. The highest BCUT2D eigenvalue weighted by Gasteiger charge is 2.58. The molecule has 2 aliphatic rings. The third-order valence-electron chi connectivity index (χ3n) is 11.3. The molecule has 7 aromatic rings. The summed E-state index contributed by atoms with van der Waals surface area (Å²) in [6.07, 6.45) is -1.70. The number of oxime groups is 1. The predicted octanol–water partition coefficient (Wildman–Crippen LogP) is 7.80. The van der Waals surface area contributed by atoms with E-state index in [1.165, 1.54) is 10.2 Å². The van der Waals surface area contributed by atoms with Gasteiger partial charge in [0.1, 0.15) is 32.6 Å². The van der Waals surface area contributed by atoms with Crippen molar-refractivity contribution in [2.24, 2.45) is 12.2 Å². The Morgan fingerprint density at radius 1 is 0.836 bits per heavy atom. The molecule has 9 rings (SSSR count). The number of aromatic nitrogens is 5. The number of hydrogen-bond acceptors (Lipinski definition) is 16. The Morgan fingerprint density at radius 2 is 1.37 bits per heavy atom. The number of esters is 1. The number of tetrazole rings is 1. The Labute approximate surface area is 435 Å². The SMILES string of the molecule is Cn1nnc(C(=S)SC2=C(C(=O)OC(c3ccccc3)c3ccccc3)N3C(=O)[C@@H](NC(=O)/C(=N\OC(c4ccccc4)(c4ccccc4)c4ccccc4)c4csc(NC(=O)OC(C)(C)C)n4)[C@@H]3S(=O)C2)n1. The molecule has 21 heteroatoms. The van der Waals surface area contributed by atoms with Crippen LogP contribution in [-0.4, -0.2) is 90.9 Å². The van der Waals surface area contributed by atoms with Gasteiger partial charge in [0.2, 0.25) is 11.4 Å². The van der Waals surface area contributed by atoms with Crippen LogP contribution in [0.1, 0.15) is 66.2 Å². The van der Waals surface area contributed by atoms with E-state index in [1.807, 2.05) is 152 Å². The van der Waals surface area contributed by atoms with Gasteiger partial charge < -0.3 is 19.6 Å². The fourth-order valence-corrected chi connectivity index (χ4v) is 11.9. The summed E-state index contributed by atoms with van der Waals surface area (Å²) in [6, 6.07) is 44.7. The van der Waals surface area contributed by atoms with E-state index in [2.05, 4.69) is 36.2 Å². The molecule has 2 N–H and O–H groups in total. The van der Waals surface area contributed by atoms with Gasteiger partial charge in [-0.25, -0.2) is 14.6 Å². The minimum Gasteiger partial charge on any atom is -0.448 e. The Hall–Kier alpha value is -7.72. The van der Waals surface area contributed by atoms with Crippen LogP contribution in [0.3, 0.4) is 0 Å². The summed E-state index contributed by atoms with van der Waals surface area (Å²) in [4.78, 5) is 71.1. The molecule has 0 radical (unpaired) electrons. The first kappa shape index (κ1) is 50.2. The second-order valence-electron chi connectivity index (χ2n) is 17.4. The fourth-order valence-electron chi connectivity index (χ4n) is 8.12. The molecular formula is C52H45N9O8S4. The van der Waals surface area contributed by atoms with Crippen LogP contribution in [0.4, 0.5) is 9.93 Å². The maximum absolute atomic E-state index is 15.0. The lowest BCUT2D eigenvalue weighted by Gasteiger charge is -2.49. The first-order valence-corrected chi connectivity index (χ1v) is 26.1. The monoisotopic (exact) mass is 1050 g/mol. The van der Waals surface area contributed by atoms with Crippen molar-refractivity contribution in [1.82, 2.24) is 35.4 Å². The summed E-state index contributed by atoms with van der Waals surface area (Å²) in [7, 11) is -0.375. The highest BCUT2D eigenvalue weighted by molar-refractivity contribution is 8.26. The molecule has 2 aliphatic heterocycles. The summed E-state index contributed by atoms with van der Waals surface area (Å²) in [5, 5.41) is 22.3. The Morgan fingerprint density at radius 3 is 1.88 bits per heavy atom. The average Bonchev–Trinajstić information content (AvgIpc) is 4.05. The van der Waals surface area contributed by atoms with Crippen LogP contribution < -0.4 is 10.6 Å². The number of aryl methyl sites for hydroxylation is 1. The van der Waals surface area contributed by atoms with Crippen LogP contribution in [0.5, 0.6) is 0 Å². The second kappa shape index (κ2) is 21.6. The molecule has 0 saturated carbocycles. The molecule has 0 spiro atoms. The Balaban J connectivity index is 1.09. The third kappa shape index (κ3) is 10.9. The minimum atomic E-state index is -1.94. The number of nitrogens with zero attached hydrogens (tertiary/aromatic N) is 7. The van der Waals surface area contributed by atoms with Crippen molar-refractivity contribution in [3.63, 3.8) is 0 Å². The summed E-state index contributed by atoms with van der Waals surface area (Å²) < 4.78 is 26.3. The third-order valence-corrected chi connectivity index (χ3v) is 15.2. The van der Waals surface area contributed by atoms with Gasteiger partial charge in [-0.2, -0.15) is 4.80 Å². The fraction of sp³-hybridized carbons (Fsp3) is 0.192. The largest absolute Gasteiger partial charge is 0.448 e. The van der Waals surface area contributed by atoms with Crippen molar-refractivity contribution >= 4 is 85.0 Å². The van der Waals surface area contributed by atoms with Gasteiger partial charge in [-0.15, -0.1) is 21.5 Å². The molecule has 0 bridgehead atoms. The lowest BCUT2D eigenvalue weighted by molar-refractivity contribution is -0.154. The number of carbonyl (C=O) groups is 4. The number of rotatable bonds is 15. The van der Waals surface area contributed by atoms with Crippen molar-refractivity contribution in [3.05, 3.63) is 207 Å². The van der Waals surface area contributed by atoms with E-state index in [-0.39, 0.29) is 37.2 Å². The molecule has 2 aromatic heterocycles. The van der Waals surface area contributed by atoms with Crippen LogP contribution in [0.15, 0.2) is 173 Å². The van der Waals surface area contributed by atoms with Gasteiger partial charge in [-0.3, -0.25) is 24.0 Å². The molecule has 1 saturated heterocycles. The zero-order valence-electron chi connectivity index (χ0n) is 39.5. The molecule has 4 heterocycles. The van der Waals surface area contributed by atoms with Gasteiger partial charge in [-0.1, -0.05) is 181 Å². The lowest BCUT2D eigenvalue weighted by Crippen LogP contribution is -2.74. The maximum Gasteiger partial charge on any atom is 0.413 e. The zero-order valence-corrected chi connectivity index (χ0v) is 42.7. The quantitative estimate of drug-likeness (QED) is 0.0251. The molecule has 73 heavy (non-hydrogen) atoms. The molecule has 0 aliphatic carbocycles. The van der Waals surface area contributed by atoms with Crippen molar-refractivity contribution in [2.45, 2.75) is 49.5 Å². The van der Waals surface area contributed by atoms with E-state index >= 15 is 0 Å².